The number of hydrogen-bond acceptors (Lipinski definition) is 5. The zero-order valence-electron chi connectivity index (χ0n) is 12.7. The molecule has 1 fully saturated rings. The van der Waals surface area contributed by atoms with Gasteiger partial charge < -0.3 is 15.0 Å². The van der Waals surface area contributed by atoms with Gasteiger partial charge in [0.05, 0.1) is 23.9 Å². The molecule has 1 saturated heterocycles. The summed E-state index contributed by atoms with van der Waals surface area (Å²) < 4.78 is 19.5. The zero-order chi connectivity index (χ0) is 16.5. The largest absolute Gasteiger partial charge is 0.379 e. The van der Waals surface area contributed by atoms with Crippen molar-refractivity contribution < 1.29 is 9.13 Å². The summed E-state index contributed by atoms with van der Waals surface area (Å²) >= 11 is 6.02. The normalized spacial score (nSPS) is 18.0. The van der Waals surface area contributed by atoms with E-state index in [1.165, 1.54) is 6.20 Å². The van der Waals surface area contributed by atoms with Crippen LogP contribution in [0.2, 0.25) is 5.02 Å². The van der Waals surface area contributed by atoms with Crippen molar-refractivity contribution in [1.29, 1.82) is 0 Å². The fourth-order valence-corrected chi connectivity index (χ4v) is 2.97. The molecule has 6 nitrogen and oxygen atoms in total. The average Bonchev–Trinajstić information content (AvgIpc) is 3.01. The number of hydrogen-bond donors (Lipinski definition) is 2. The minimum absolute atomic E-state index is 0.0510. The Kier molecular flexibility index (Phi) is 4.03. The lowest BCUT2D eigenvalue weighted by Crippen LogP contribution is -2.30. The molecular weight excluding hydrogens is 333 g/mol. The molecule has 4 heterocycles. The third-order valence-electron chi connectivity index (χ3n) is 3.98. The highest BCUT2D eigenvalue weighted by atomic mass is 35.5. The number of halogens is 2. The quantitative estimate of drug-likeness (QED) is 0.759. The molecule has 24 heavy (non-hydrogen) atoms. The predicted octanol–water partition coefficient (Wildman–Crippen LogP) is 3.40. The zero-order valence-corrected chi connectivity index (χ0v) is 13.5. The van der Waals surface area contributed by atoms with Crippen LogP contribution in [0.1, 0.15) is 12.8 Å². The average molecular weight is 348 g/mol. The van der Waals surface area contributed by atoms with Crippen LogP contribution < -0.4 is 5.32 Å². The highest BCUT2D eigenvalue weighted by Crippen LogP contribution is 2.28. The maximum Gasteiger partial charge on any atom is 0.183 e. The molecule has 0 radical (unpaired) electrons. The molecule has 1 unspecified atom stereocenters. The van der Waals surface area contributed by atoms with Gasteiger partial charge in [-0.3, -0.25) is 0 Å². The molecule has 0 amide bonds. The first-order valence-corrected chi connectivity index (χ1v) is 8.08. The number of pyridine rings is 1. The number of H-pyrrole nitrogens is 1. The van der Waals surface area contributed by atoms with E-state index in [9.17, 15) is 4.39 Å². The van der Waals surface area contributed by atoms with Crippen LogP contribution in [0.15, 0.2) is 24.7 Å². The van der Waals surface area contributed by atoms with Crippen LogP contribution in [0.4, 0.5) is 10.2 Å². The Bertz CT molecular complexity index is 878. The van der Waals surface area contributed by atoms with E-state index in [4.69, 9.17) is 16.3 Å². The topological polar surface area (TPSA) is 75.7 Å². The van der Waals surface area contributed by atoms with Gasteiger partial charge >= 0.3 is 0 Å². The second-order valence-electron chi connectivity index (χ2n) is 5.70. The minimum atomic E-state index is -0.486. The third kappa shape index (κ3) is 2.92. The van der Waals surface area contributed by atoms with Gasteiger partial charge in [-0.15, -0.1) is 0 Å². The Balaban J connectivity index is 1.70. The number of nitrogens with one attached hydrogen (secondary N) is 2. The first kappa shape index (κ1) is 15.3. The van der Waals surface area contributed by atoms with Crippen molar-refractivity contribution in [3.05, 3.63) is 35.5 Å². The van der Waals surface area contributed by atoms with Crippen LogP contribution in [0, 0.1) is 5.82 Å². The van der Waals surface area contributed by atoms with Gasteiger partial charge in [0, 0.05) is 30.0 Å². The summed E-state index contributed by atoms with van der Waals surface area (Å²) in [6.45, 7) is 1.30. The summed E-state index contributed by atoms with van der Waals surface area (Å²) in [4.78, 5) is 15.7. The van der Waals surface area contributed by atoms with Gasteiger partial charge in [0.15, 0.2) is 17.5 Å². The maximum atomic E-state index is 14.1. The van der Waals surface area contributed by atoms with Crippen LogP contribution in [0.25, 0.3) is 22.4 Å². The summed E-state index contributed by atoms with van der Waals surface area (Å²) in [5.41, 5.74) is 1.40. The van der Waals surface area contributed by atoms with E-state index >= 15 is 0 Å². The van der Waals surface area contributed by atoms with Gasteiger partial charge in [-0.25, -0.2) is 19.3 Å². The molecule has 124 valence electrons. The number of nitrogens with zero attached hydrogens (tertiary/aromatic N) is 3. The van der Waals surface area contributed by atoms with Gasteiger partial charge in [0.25, 0.3) is 0 Å². The lowest BCUT2D eigenvalue weighted by molar-refractivity contribution is 0.0874. The van der Waals surface area contributed by atoms with Crippen LogP contribution in [-0.2, 0) is 4.74 Å². The highest BCUT2D eigenvalue weighted by Gasteiger charge is 2.18. The Morgan fingerprint density at radius 2 is 2.25 bits per heavy atom. The lowest BCUT2D eigenvalue weighted by Gasteiger charge is -2.23. The molecule has 0 saturated carbocycles. The highest BCUT2D eigenvalue weighted by molar-refractivity contribution is 6.31. The van der Waals surface area contributed by atoms with Crippen molar-refractivity contribution in [1.82, 2.24) is 19.9 Å². The fraction of sp³-hybridized carbons (Fsp3) is 0.312. The molecule has 0 aromatic carbocycles. The second-order valence-corrected chi connectivity index (χ2v) is 6.14. The van der Waals surface area contributed by atoms with E-state index in [2.05, 4.69) is 25.3 Å². The van der Waals surface area contributed by atoms with E-state index in [1.54, 1.807) is 18.5 Å². The van der Waals surface area contributed by atoms with Gasteiger partial charge in [-0.1, -0.05) is 11.6 Å². The molecule has 0 aliphatic carbocycles. The standard InChI is InChI=1S/C16H15ClFN5O/c17-9-4-11-12(6-20-14(11)19-5-9)15-21-7-13(18)16(23-15)22-10-2-1-3-24-8-10/h4-7,10H,1-3,8H2,(H,19,20)(H,21,22,23). The first-order chi connectivity index (χ1) is 11.7. The predicted molar refractivity (Wildman–Crippen MR) is 89.6 cm³/mol. The Labute approximate surface area is 142 Å². The molecule has 2 N–H and O–H groups in total. The smallest absolute Gasteiger partial charge is 0.183 e. The van der Waals surface area contributed by atoms with Crippen molar-refractivity contribution in [3.63, 3.8) is 0 Å². The van der Waals surface area contributed by atoms with E-state index in [-0.39, 0.29) is 11.9 Å². The fourth-order valence-electron chi connectivity index (χ4n) is 2.81. The second kappa shape index (κ2) is 6.33. The van der Waals surface area contributed by atoms with E-state index in [0.717, 1.165) is 30.4 Å². The van der Waals surface area contributed by atoms with E-state index in [1.807, 2.05) is 0 Å². The van der Waals surface area contributed by atoms with Crippen molar-refractivity contribution >= 4 is 28.5 Å². The van der Waals surface area contributed by atoms with Crippen LogP contribution in [0.3, 0.4) is 0 Å². The van der Waals surface area contributed by atoms with Crippen LogP contribution in [-0.4, -0.2) is 39.2 Å². The Hall–Kier alpha value is -2.25. The molecule has 3 aromatic rings. The van der Waals surface area contributed by atoms with Crippen molar-refractivity contribution in [2.24, 2.45) is 0 Å². The number of aromatic amines is 1. The maximum absolute atomic E-state index is 14.1. The van der Waals surface area contributed by atoms with Crippen LogP contribution >= 0.6 is 11.6 Å². The van der Waals surface area contributed by atoms with Crippen molar-refractivity contribution in [3.8, 4) is 11.4 Å². The Morgan fingerprint density at radius 3 is 3.08 bits per heavy atom. The monoisotopic (exact) mass is 347 g/mol. The SMILES string of the molecule is Fc1cnc(-c2c[nH]c3ncc(Cl)cc23)nc1NC1CCCOC1. The molecule has 8 heteroatoms. The number of aromatic nitrogens is 4. The Morgan fingerprint density at radius 1 is 1.33 bits per heavy atom. The number of ether oxygens (including phenoxy) is 1. The van der Waals surface area contributed by atoms with Gasteiger partial charge in [-0.05, 0) is 18.9 Å². The molecule has 4 rings (SSSR count). The van der Waals surface area contributed by atoms with Gasteiger partial charge in [0.1, 0.15) is 5.65 Å². The molecule has 0 bridgehead atoms. The minimum Gasteiger partial charge on any atom is -0.379 e. The van der Waals surface area contributed by atoms with Gasteiger partial charge in [0.2, 0.25) is 0 Å². The molecular formula is C16H15ClFN5O. The summed E-state index contributed by atoms with van der Waals surface area (Å²) in [5.74, 6) is 0.103. The van der Waals surface area contributed by atoms with E-state index in [0.29, 0.717) is 23.1 Å². The van der Waals surface area contributed by atoms with Crippen molar-refractivity contribution in [2.75, 3.05) is 18.5 Å². The van der Waals surface area contributed by atoms with Crippen LogP contribution in [0.5, 0.6) is 0 Å². The molecule has 1 aliphatic heterocycles. The van der Waals surface area contributed by atoms with Gasteiger partial charge in [-0.2, -0.15) is 0 Å². The summed E-state index contributed by atoms with van der Waals surface area (Å²) in [7, 11) is 0. The summed E-state index contributed by atoms with van der Waals surface area (Å²) in [6, 6.07) is 1.83. The third-order valence-corrected chi connectivity index (χ3v) is 4.19. The number of fused-ring (bicyclic) bond motifs is 1. The molecule has 1 aliphatic rings. The van der Waals surface area contributed by atoms with E-state index < -0.39 is 5.82 Å². The molecule has 0 spiro atoms. The number of rotatable bonds is 3. The molecule has 1 atom stereocenters. The van der Waals surface area contributed by atoms with Crippen molar-refractivity contribution in [2.45, 2.75) is 18.9 Å². The summed E-state index contributed by atoms with van der Waals surface area (Å²) in [6.07, 6.45) is 6.35. The first-order valence-electron chi connectivity index (χ1n) is 7.70. The molecule has 3 aromatic heterocycles. The summed E-state index contributed by atoms with van der Waals surface area (Å²) in [5, 5.41) is 4.42. The number of anilines is 1. The lowest BCUT2D eigenvalue weighted by atomic mass is 10.1.